The number of anilines is 1. The average Bonchev–Trinajstić information content (AvgIpc) is 3.37. The standard InChI is InChI=1S/C16H16N4O3/c21-15(18-12-6-7-12)10-17-14-9-8-13(20(22)23)16(19-14)11-4-2-1-3-5-11/h1-5,8-9,12H,6-7,10H2,(H,17,19)(H,18,21). The van der Waals surface area contributed by atoms with Crippen molar-refractivity contribution in [3.8, 4) is 11.3 Å². The van der Waals surface area contributed by atoms with Crippen LogP contribution in [-0.4, -0.2) is 28.4 Å². The SMILES string of the molecule is O=C(CNc1ccc([N+](=O)[O-])c(-c2ccccc2)n1)NC1CC1. The molecule has 23 heavy (non-hydrogen) atoms. The molecule has 1 saturated carbocycles. The summed E-state index contributed by atoms with van der Waals surface area (Å²) >= 11 is 0. The molecule has 1 heterocycles. The van der Waals surface area contributed by atoms with E-state index in [1.807, 2.05) is 6.07 Å². The molecule has 2 N–H and O–H groups in total. The molecule has 2 aromatic rings. The van der Waals surface area contributed by atoms with Gasteiger partial charge in [0.05, 0.1) is 11.5 Å². The van der Waals surface area contributed by atoms with Gasteiger partial charge in [0.1, 0.15) is 5.82 Å². The summed E-state index contributed by atoms with van der Waals surface area (Å²) in [5.74, 6) is 0.328. The number of pyridine rings is 1. The van der Waals surface area contributed by atoms with Crippen molar-refractivity contribution in [2.75, 3.05) is 11.9 Å². The first-order valence-corrected chi connectivity index (χ1v) is 7.37. The van der Waals surface area contributed by atoms with Crippen LogP contribution < -0.4 is 10.6 Å². The summed E-state index contributed by atoms with van der Waals surface area (Å²) in [4.78, 5) is 26.7. The van der Waals surface area contributed by atoms with Crippen LogP contribution in [0.3, 0.4) is 0 Å². The zero-order valence-corrected chi connectivity index (χ0v) is 12.4. The highest BCUT2D eigenvalue weighted by atomic mass is 16.6. The van der Waals surface area contributed by atoms with E-state index < -0.39 is 4.92 Å². The number of nitrogens with one attached hydrogen (secondary N) is 2. The maximum Gasteiger partial charge on any atom is 0.295 e. The summed E-state index contributed by atoms with van der Waals surface area (Å²) < 4.78 is 0. The van der Waals surface area contributed by atoms with Crippen molar-refractivity contribution < 1.29 is 9.72 Å². The van der Waals surface area contributed by atoms with Gasteiger partial charge in [-0.1, -0.05) is 30.3 Å². The number of nitrogens with zero attached hydrogens (tertiary/aromatic N) is 2. The Hall–Kier alpha value is -2.96. The third-order valence-corrected chi connectivity index (χ3v) is 3.49. The van der Waals surface area contributed by atoms with Crippen molar-refractivity contribution in [2.45, 2.75) is 18.9 Å². The van der Waals surface area contributed by atoms with Gasteiger partial charge < -0.3 is 10.6 Å². The first kappa shape index (κ1) is 15.0. The van der Waals surface area contributed by atoms with Gasteiger partial charge in [0.2, 0.25) is 5.91 Å². The van der Waals surface area contributed by atoms with Crippen LogP contribution in [0.1, 0.15) is 12.8 Å². The molecule has 1 aliphatic carbocycles. The largest absolute Gasteiger partial charge is 0.361 e. The Kier molecular flexibility index (Phi) is 4.18. The van der Waals surface area contributed by atoms with Gasteiger partial charge in [-0.25, -0.2) is 4.98 Å². The van der Waals surface area contributed by atoms with Crippen LogP contribution in [0.2, 0.25) is 0 Å². The van der Waals surface area contributed by atoms with Crippen LogP contribution in [0.5, 0.6) is 0 Å². The molecule has 0 unspecified atom stereocenters. The smallest absolute Gasteiger partial charge is 0.295 e. The molecular weight excluding hydrogens is 296 g/mol. The van der Waals surface area contributed by atoms with Crippen molar-refractivity contribution in [1.29, 1.82) is 0 Å². The van der Waals surface area contributed by atoms with Gasteiger partial charge in [0.15, 0.2) is 5.69 Å². The van der Waals surface area contributed by atoms with Gasteiger partial charge >= 0.3 is 0 Å². The number of hydrogen-bond donors (Lipinski definition) is 2. The van der Waals surface area contributed by atoms with Gasteiger partial charge in [-0.05, 0) is 18.9 Å². The number of nitro groups is 1. The maximum atomic E-state index is 11.7. The Morgan fingerprint density at radius 1 is 1.22 bits per heavy atom. The number of carbonyl (C=O) groups excluding carboxylic acids is 1. The van der Waals surface area contributed by atoms with Crippen molar-refractivity contribution in [3.05, 3.63) is 52.6 Å². The van der Waals surface area contributed by atoms with Crippen LogP contribution in [0.25, 0.3) is 11.3 Å². The molecule has 0 aliphatic heterocycles. The molecule has 1 fully saturated rings. The molecule has 0 spiro atoms. The monoisotopic (exact) mass is 312 g/mol. The fourth-order valence-corrected chi connectivity index (χ4v) is 2.18. The molecule has 7 nitrogen and oxygen atoms in total. The zero-order chi connectivity index (χ0) is 16.2. The Morgan fingerprint density at radius 2 is 1.96 bits per heavy atom. The lowest BCUT2D eigenvalue weighted by Gasteiger charge is -2.08. The first-order chi connectivity index (χ1) is 11.1. The summed E-state index contributed by atoms with van der Waals surface area (Å²) in [5, 5.41) is 17.0. The summed E-state index contributed by atoms with van der Waals surface area (Å²) in [6.45, 7) is 0.0928. The molecule has 0 saturated heterocycles. The molecule has 1 aromatic carbocycles. The highest BCUT2D eigenvalue weighted by molar-refractivity contribution is 5.81. The van der Waals surface area contributed by atoms with E-state index in [0.29, 0.717) is 17.4 Å². The molecule has 0 bridgehead atoms. The molecule has 1 aromatic heterocycles. The van der Waals surface area contributed by atoms with Gasteiger partial charge in [0.25, 0.3) is 5.69 Å². The molecular formula is C16H16N4O3. The van der Waals surface area contributed by atoms with Crippen LogP contribution in [0, 0.1) is 10.1 Å². The van der Waals surface area contributed by atoms with Crippen LogP contribution in [0.4, 0.5) is 11.5 Å². The maximum absolute atomic E-state index is 11.7. The van der Waals surface area contributed by atoms with E-state index in [1.54, 1.807) is 24.3 Å². The molecule has 3 rings (SSSR count). The van der Waals surface area contributed by atoms with E-state index in [0.717, 1.165) is 12.8 Å². The third-order valence-electron chi connectivity index (χ3n) is 3.49. The summed E-state index contributed by atoms with van der Waals surface area (Å²) in [7, 11) is 0. The van der Waals surface area contributed by atoms with Crippen LogP contribution in [0.15, 0.2) is 42.5 Å². The molecule has 0 atom stereocenters. The van der Waals surface area contributed by atoms with Gasteiger partial charge in [-0.3, -0.25) is 14.9 Å². The molecule has 118 valence electrons. The highest BCUT2D eigenvalue weighted by Crippen LogP contribution is 2.29. The normalized spacial score (nSPS) is 13.4. The van der Waals surface area contributed by atoms with E-state index in [9.17, 15) is 14.9 Å². The predicted molar refractivity (Wildman–Crippen MR) is 86.0 cm³/mol. The van der Waals surface area contributed by atoms with E-state index in [-0.39, 0.29) is 23.8 Å². The lowest BCUT2D eigenvalue weighted by atomic mass is 10.1. The minimum atomic E-state index is -0.459. The van der Waals surface area contributed by atoms with E-state index in [4.69, 9.17) is 0 Å². The lowest BCUT2D eigenvalue weighted by Crippen LogP contribution is -2.31. The van der Waals surface area contributed by atoms with Crippen LogP contribution >= 0.6 is 0 Å². The third kappa shape index (κ3) is 3.82. The number of carbonyl (C=O) groups is 1. The second-order valence-electron chi connectivity index (χ2n) is 5.38. The first-order valence-electron chi connectivity index (χ1n) is 7.37. The van der Waals surface area contributed by atoms with Gasteiger partial charge in [0, 0.05) is 17.7 Å². The second-order valence-corrected chi connectivity index (χ2v) is 5.38. The Balaban J connectivity index is 1.79. The number of hydrogen-bond acceptors (Lipinski definition) is 5. The lowest BCUT2D eigenvalue weighted by molar-refractivity contribution is -0.384. The Labute approximate surface area is 132 Å². The average molecular weight is 312 g/mol. The van der Waals surface area contributed by atoms with Crippen molar-refractivity contribution >= 4 is 17.4 Å². The van der Waals surface area contributed by atoms with Crippen LogP contribution in [-0.2, 0) is 4.79 Å². The number of amides is 1. The second kappa shape index (κ2) is 6.43. The van der Waals surface area contributed by atoms with E-state index in [1.165, 1.54) is 12.1 Å². The topological polar surface area (TPSA) is 97.2 Å². The Bertz CT molecular complexity index is 729. The van der Waals surface area contributed by atoms with E-state index >= 15 is 0 Å². The van der Waals surface area contributed by atoms with Crippen molar-refractivity contribution in [1.82, 2.24) is 10.3 Å². The van der Waals surface area contributed by atoms with Gasteiger partial charge in [-0.2, -0.15) is 0 Å². The van der Waals surface area contributed by atoms with Crippen molar-refractivity contribution in [2.24, 2.45) is 0 Å². The zero-order valence-electron chi connectivity index (χ0n) is 12.4. The fraction of sp³-hybridized carbons (Fsp3) is 0.250. The predicted octanol–water partition coefficient (Wildman–Crippen LogP) is 2.35. The fourth-order valence-electron chi connectivity index (χ4n) is 2.18. The molecule has 0 radical (unpaired) electrons. The van der Waals surface area contributed by atoms with Gasteiger partial charge in [-0.15, -0.1) is 0 Å². The highest BCUT2D eigenvalue weighted by Gasteiger charge is 2.23. The molecule has 1 amide bonds. The minimum Gasteiger partial charge on any atom is -0.361 e. The minimum absolute atomic E-state index is 0.0656. The number of benzene rings is 1. The summed E-state index contributed by atoms with van der Waals surface area (Å²) in [6, 6.07) is 12.2. The van der Waals surface area contributed by atoms with Crippen molar-refractivity contribution in [3.63, 3.8) is 0 Å². The molecule has 1 aliphatic rings. The number of rotatable bonds is 6. The van der Waals surface area contributed by atoms with E-state index in [2.05, 4.69) is 15.6 Å². The number of aromatic nitrogens is 1. The Morgan fingerprint density at radius 3 is 2.61 bits per heavy atom. The summed E-state index contributed by atoms with van der Waals surface area (Å²) in [6.07, 6.45) is 2.05. The quantitative estimate of drug-likeness (QED) is 0.630. The summed E-state index contributed by atoms with van der Waals surface area (Å²) in [5.41, 5.74) is 0.873. The molecule has 7 heteroatoms.